The molecule has 1 saturated carbocycles. The van der Waals surface area contributed by atoms with Crippen molar-refractivity contribution in [1.82, 2.24) is 4.90 Å². The van der Waals surface area contributed by atoms with Crippen LogP contribution in [-0.4, -0.2) is 55.9 Å². The quantitative estimate of drug-likeness (QED) is 0.457. The number of hydrogen-bond acceptors (Lipinski definition) is 7. The van der Waals surface area contributed by atoms with Crippen LogP contribution < -0.4 is 9.47 Å². The van der Waals surface area contributed by atoms with Crippen LogP contribution in [0.2, 0.25) is 0 Å². The number of esters is 2. The number of carbonyl (C=O) groups is 2. The average molecular weight is 458 g/mol. The van der Waals surface area contributed by atoms with Gasteiger partial charge < -0.3 is 18.9 Å². The van der Waals surface area contributed by atoms with Gasteiger partial charge in [0.15, 0.2) is 11.5 Å². The molecule has 180 valence electrons. The van der Waals surface area contributed by atoms with Gasteiger partial charge in [0.05, 0.1) is 20.3 Å². The molecular weight excluding hydrogens is 422 g/mol. The summed E-state index contributed by atoms with van der Waals surface area (Å²) in [7, 11) is 3.31. The van der Waals surface area contributed by atoms with Crippen molar-refractivity contribution in [3.05, 3.63) is 35.4 Å². The summed E-state index contributed by atoms with van der Waals surface area (Å²) in [5.74, 6) is 1.74. The Balaban J connectivity index is 1.56. The van der Waals surface area contributed by atoms with Gasteiger partial charge >= 0.3 is 11.9 Å². The van der Waals surface area contributed by atoms with Gasteiger partial charge in [-0.15, -0.1) is 0 Å². The van der Waals surface area contributed by atoms with E-state index in [2.05, 4.69) is 30.9 Å². The van der Waals surface area contributed by atoms with Crippen molar-refractivity contribution < 1.29 is 28.5 Å². The van der Waals surface area contributed by atoms with Gasteiger partial charge in [-0.25, -0.2) is 9.59 Å². The topological polar surface area (TPSA) is 74.3 Å². The molecule has 1 aromatic rings. The van der Waals surface area contributed by atoms with Crippen LogP contribution in [0.1, 0.15) is 51.3 Å². The second kappa shape index (κ2) is 9.37. The van der Waals surface area contributed by atoms with Crippen LogP contribution in [-0.2, 0) is 25.5 Å². The van der Waals surface area contributed by atoms with E-state index in [1.165, 1.54) is 17.2 Å². The summed E-state index contributed by atoms with van der Waals surface area (Å²) in [6.45, 7) is 9.00. The summed E-state index contributed by atoms with van der Waals surface area (Å²) in [5.41, 5.74) is 2.49. The molecule has 0 N–H and O–H groups in total. The highest BCUT2D eigenvalue weighted by molar-refractivity contribution is 5.91. The van der Waals surface area contributed by atoms with Gasteiger partial charge in [0.25, 0.3) is 0 Å². The Hall–Kier alpha value is -2.54. The van der Waals surface area contributed by atoms with Crippen LogP contribution >= 0.6 is 0 Å². The summed E-state index contributed by atoms with van der Waals surface area (Å²) >= 11 is 0. The summed E-state index contributed by atoms with van der Waals surface area (Å²) in [4.78, 5) is 26.9. The minimum Gasteiger partial charge on any atom is -0.493 e. The molecule has 0 bridgehead atoms. The highest BCUT2D eigenvalue weighted by atomic mass is 16.5. The Morgan fingerprint density at radius 1 is 1.03 bits per heavy atom. The van der Waals surface area contributed by atoms with E-state index >= 15 is 0 Å². The molecule has 33 heavy (non-hydrogen) atoms. The Kier molecular flexibility index (Phi) is 6.71. The molecule has 1 aromatic carbocycles. The van der Waals surface area contributed by atoms with E-state index in [-0.39, 0.29) is 18.2 Å². The fourth-order valence-corrected chi connectivity index (χ4v) is 5.86. The zero-order valence-electron chi connectivity index (χ0n) is 20.4. The molecule has 0 amide bonds. The number of ether oxygens (including phenoxy) is 4. The number of piperidine rings is 1. The van der Waals surface area contributed by atoms with E-state index in [1.54, 1.807) is 28.1 Å². The van der Waals surface area contributed by atoms with Crippen molar-refractivity contribution >= 4 is 11.9 Å². The zero-order chi connectivity index (χ0) is 23.9. The predicted octanol–water partition coefficient (Wildman–Crippen LogP) is 3.70. The van der Waals surface area contributed by atoms with Crippen LogP contribution in [0.3, 0.4) is 0 Å². The molecule has 7 nitrogen and oxygen atoms in total. The molecule has 4 rings (SSSR count). The average Bonchev–Trinajstić information content (AvgIpc) is 3.53. The van der Waals surface area contributed by atoms with Gasteiger partial charge in [0, 0.05) is 43.1 Å². The molecule has 0 aromatic heterocycles. The van der Waals surface area contributed by atoms with Gasteiger partial charge in [0.1, 0.15) is 6.10 Å². The molecule has 1 unspecified atom stereocenters. The summed E-state index contributed by atoms with van der Waals surface area (Å²) < 4.78 is 22.1. The molecule has 5 atom stereocenters. The van der Waals surface area contributed by atoms with E-state index in [1.807, 2.05) is 0 Å². The number of methoxy groups -OCH3 is 2. The minimum atomic E-state index is -0.539. The van der Waals surface area contributed by atoms with Gasteiger partial charge in [-0.3, -0.25) is 4.90 Å². The van der Waals surface area contributed by atoms with Crippen LogP contribution in [0, 0.1) is 17.8 Å². The first-order chi connectivity index (χ1) is 15.7. The van der Waals surface area contributed by atoms with E-state index < -0.39 is 11.9 Å². The second-order valence-electron chi connectivity index (χ2n) is 9.83. The first kappa shape index (κ1) is 23.6. The van der Waals surface area contributed by atoms with Crippen molar-refractivity contribution in [1.29, 1.82) is 0 Å². The highest BCUT2D eigenvalue weighted by Gasteiger charge is 2.64. The SMILES string of the molecule is COc1cc2c(cc1OC)[C@H]1C[C@@H](OC(=O)/C=C/C(=O)OC(C)C)[C@H]3C([C@@H]3C(C)C)N1CC2. The maximum absolute atomic E-state index is 12.6. The Morgan fingerprint density at radius 3 is 2.33 bits per heavy atom. The number of fused-ring (bicyclic) bond motifs is 5. The fraction of sp³-hybridized carbons (Fsp3) is 0.615. The van der Waals surface area contributed by atoms with Crippen molar-refractivity contribution in [2.45, 2.75) is 64.8 Å². The molecule has 7 heteroatoms. The number of benzene rings is 1. The molecule has 0 radical (unpaired) electrons. The number of rotatable bonds is 7. The molecule has 2 aliphatic heterocycles. The fourth-order valence-electron chi connectivity index (χ4n) is 5.86. The lowest BCUT2D eigenvalue weighted by Crippen LogP contribution is -2.45. The molecular formula is C26H35NO6. The zero-order valence-corrected chi connectivity index (χ0v) is 20.4. The first-order valence-corrected chi connectivity index (χ1v) is 11.8. The molecule has 1 saturated heterocycles. The van der Waals surface area contributed by atoms with E-state index in [9.17, 15) is 9.59 Å². The van der Waals surface area contributed by atoms with Crippen LogP contribution in [0.5, 0.6) is 11.5 Å². The third-order valence-corrected chi connectivity index (χ3v) is 7.15. The normalized spacial score (nSPS) is 28.2. The predicted molar refractivity (Wildman–Crippen MR) is 123 cm³/mol. The number of hydrogen-bond donors (Lipinski definition) is 0. The van der Waals surface area contributed by atoms with E-state index in [0.29, 0.717) is 23.8 Å². The Morgan fingerprint density at radius 2 is 1.70 bits per heavy atom. The van der Waals surface area contributed by atoms with Gasteiger partial charge in [-0.1, -0.05) is 13.8 Å². The smallest absolute Gasteiger partial charge is 0.331 e. The largest absolute Gasteiger partial charge is 0.493 e. The van der Waals surface area contributed by atoms with Crippen molar-refractivity contribution in [3.63, 3.8) is 0 Å². The maximum atomic E-state index is 12.6. The lowest BCUT2D eigenvalue weighted by atomic mass is 9.85. The van der Waals surface area contributed by atoms with Crippen LogP contribution in [0.15, 0.2) is 24.3 Å². The third-order valence-electron chi connectivity index (χ3n) is 7.15. The molecule has 0 spiro atoms. The summed E-state index contributed by atoms with van der Waals surface area (Å²) in [6, 6.07) is 4.72. The van der Waals surface area contributed by atoms with Crippen LogP contribution in [0.4, 0.5) is 0 Å². The van der Waals surface area contributed by atoms with Gasteiger partial charge in [-0.05, 0) is 55.4 Å². The standard InChI is InChI=1S/C26H35NO6/c1-14(2)24-25-21(33-23(29)8-7-22(28)32-15(3)4)13-18-17-12-20(31-6)19(30-5)11-16(17)9-10-27(18)26(24)25/h7-8,11-12,14-15,18,21,24-26H,9-10,13H2,1-6H3/b8-7+/t18-,21-,24-,25-,26?/m1/s1. The molecule has 3 aliphatic rings. The third kappa shape index (κ3) is 4.60. The monoisotopic (exact) mass is 457 g/mol. The number of nitrogens with zero attached hydrogens (tertiary/aromatic N) is 1. The summed E-state index contributed by atoms with van der Waals surface area (Å²) in [5, 5.41) is 0. The second-order valence-corrected chi connectivity index (χ2v) is 9.83. The van der Waals surface area contributed by atoms with Crippen molar-refractivity contribution in [2.24, 2.45) is 17.8 Å². The van der Waals surface area contributed by atoms with Crippen LogP contribution in [0.25, 0.3) is 0 Å². The minimum absolute atomic E-state index is 0.159. The highest BCUT2D eigenvalue weighted by Crippen LogP contribution is 2.59. The van der Waals surface area contributed by atoms with Crippen molar-refractivity contribution in [3.8, 4) is 11.5 Å². The number of carbonyl (C=O) groups excluding carboxylic acids is 2. The van der Waals surface area contributed by atoms with E-state index in [0.717, 1.165) is 37.0 Å². The first-order valence-electron chi connectivity index (χ1n) is 11.8. The van der Waals surface area contributed by atoms with Gasteiger partial charge in [0.2, 0.25) is 0 Å². The molecule has 2 heterocycles. The Bertz CT molecular complexity index is 939. The van der Waals surface area contributed by atoms with Gasteiger partial charge in [-0.2, -0.15) is 0 Å². The lowest BCUT2D eigenvalue weighted by molar-refractivity contribution is -0.148. The summed E-state index contributed by atoms with van der Waals surface area (Å²) in [6.07, 6.45) is 3.59. The van der Waals surface area contributed by atoms with E-state index in [4.69, 9.17) is 18.9 Å². The Labute approximate surface area is 196 Å². The lowest BCUT2D eigenvalue weighted by Gasteiger charge is -2.43. The van der Waals surface area contributed by atoms with Crippen molar-refractivity contribution in [2.75, 3.05) is 20.8 Å². The molecule has 2 fully saturated rings. The molecule has 1 aliphatic carbocycles. The maximum Gasteiger partial charge on any atom is 0.331 e.